The Kier molecular flexibility index (Phi) is 5.96. The first kappa shape index (κ1) is 22.8. The molecule has 0 N–H and O–H groups in total. The minimum Gasteiger partial charge on any atom is -0.310 e. The van der Waals surface area contributed by atoms with Crippen LogP contribution < -0.4 is 4.90 Å². The van der Waals surface area contributed by atoms with Gasteiger partial charge in [-0.05, 0) is 108 Å². The maximum atomic E-state index is 9.72. The lowest BCUT2D eigenvalue weighted by atomic mass is 9.89. The molecule has 9 rings (SSSR count). The molecule has 0 amide bonds. The van der Waals surface area contributed by atoms with E-state index < -0.39 is 12.1 Å². The molecule has 9 aromatic carbocycles. The van der Waals surface area contributed by atoms with E-state index in [1.807, 2.05) is 121 Å². The Hall–Kier alpha value is -6.70. The number of anilines is 3. The molecule has 1 heteroatoms. The van der Waals surface area contributed by atoms with E-state index >= 15 is 0 Å². The van der Waals surface area contributed by atoms with Crippen LogP contribution in [0.5, 0.6) is 0 Å². The summed E-state index contributed by atoms with van der Waals surface area (Å²) in [5.74, 6) is 0. The molecular weight excluding hydrogens is 615 g/mol. The van der Waals surface area contributed by atoms with Gasteiger partial charge in [0.25, 0.3) is 0 Å². The molecule has 1 nitrogen and oxygen atoms in total. The van der Waals surface area contributed by atoms with Crippen LogP contribution in [0.15, 0.2) is 212 Å². The molecule has 0 aliphatic rings. The topological polar surface area (TPSA) is 3.24 Å². The Balaban J connectivity index is 1.33. The van der Waals surface area contributed by atoms with Gasteiger partial charge in [-0.1, -0.05) is 170 Å². The molecule has 0 fully saturated rings. The van der Waals surface area contributed by atoms with E-state index in [2.05, 4.69) is 6.07 Å². The number of benzene rings is 9. The minimum absolute atomic E-state index is 0.114. The third-order valence-electron chi connectivity index (χ3n) is 9.18. The summed E-state index contributed by atoms with van der Waals surface area (Å²) in [6, 6.07) is 48.6. The summed E-state index contributed by atoms with van der Waals surface area (Å²) >= 11 is 0. The zero-order valence-corrected chi connectivity index (χ0v) is 27.5. The van der Waals surface area contributed by atoms with Gasteiger partial charge < -0.3 is 4.90 Å². The summed E-state index contributed by atoms with van der Waals surface area (Å²) in [7, 11) is 0. The molecule has 0 radical (unpaired) electrons. The van der Waals surface area contributed by atoms with Crippen molar-refractivity contribution in [3.63, 3.8) is 0 Å². The number of hydrogen-bond donors (Lipinski definition) is 0. The summed E-state index contributed by atoms with van der Waals surface area (Å²) in [6.45, 7) is 0. The number of hydrogen-bond acceptors (Lipinski definition) is 1. The van der Waals surface area contributed by atoms with Crippen LogP contribution in [0.3, 0.4) is 0 Å². The molecular formula is C50H35N. The first-order chi connectivity index (χ1) is 28.6. The molecule has 0 aromatic heterocycles. The summed E-state index contributed by atoms with van der Waals surface area (Å²) < 4.78 is 76.1. The molecule has 0 unspecified atom stereocenters. The maximum Gasteiger partial charge on any atom is 0.0645 e. The van der Waals surface area contributed by atoms with Crippen molar-refractivity contribution in [1.82, 2.24) is 0 Å². The van der Waals surface area contributed by atoms with E-state index in [-0.39, 0.29) is 58.8 Å². The summed E-state index contributed by atoms with van der Waals surface area (Å²) in [6.07, 6.45) is 0. The second kappa shape index (κ2) is 13.3. The predicted octanol–water partition coefficient (Wildman–Crippen LogP) is 14.1. The SMILES string of the molecule is [2H]c1c([2H])c(N(c2cccc(-c3ccc4ccccc4c3)c2)c2c([2H])c([2H])c(-c3c(-c4ccccc4)ccc4ccccc34)c([2H])c2[2H])c([2H])c([2H])c1-c1ccccc1. The predicted molar refractivity (Wildman–Crippen MR) is 218 cm³/mol. The highest BCUT2D eigenvalue weighted by atomic mass is 15.1. The van der Waals surface area contributed by atoms with Crippen molar-refractivity contribution < 1.29 is 11.0 Å². The lowest BCUT2D eigenvalue weighted by Crippen LogP contribution is -2.10. The molecule has 51 heavy (non-hydrogen) atoms. The van der Waals surface area contributed by atoms with Crippen molar-refractivity contribution >= 4 is 38.6 Å². The standard InChI is InChI=1S/C50H35N/c1-3-12-36(13-4-1)38-24-29-45(30-25-38)51(47-20-11-19-43(35-47)44-23-22-37-14-7-8-18-42(37)34-44)46-31-26-41(27-32-46)50-48-21-10-9-17-40(48)28-33-49(50)39-15-5-2-6-16-39/h1-35H/i24D,25D,26D,27D,29D,30D,31D,32D. The van der Waals surface area contributed by atoms with Gasteiger partial charge in [-0.3, -0.25) is 0 Å². The lowest BCUT2D eigenvalue weighted by molar-refractivity contribution is 1.28. The molecule has 0 aliphatic carbocycles. The molecule has 240 valence electrons. The van der Waals surface area contributed by atoms with Crippen LogP contribution in [0.4, 0.5) is 17.1 Å². The Morgan fingerprint density at radius 3 is 1.59 bits per heavy atom. The van der Waals surface area contributed by atoms with Crippen LogP contribution in [0.25, 0.3) is 66.1 Å². The average molecular weight is 658 g/mol. The van der Waals surface area contributed by atoms with E-state index in [0.29, 0.717) is 16.8 Å². The molecule has 0 bridgehead atoms. The van der Waals surface area contributed by atoms with Crippen LogP contribution in [-0.4, -0.2) is 0 Å². The average Bonchev–Trinajstić information content (AvgIpc) is 3.28. The van der Waals surface area contributed by atoms with Crippen molar-refractivity contribution in [2.45, 2.75) is 0 Å². The van der Waals surface area contributed by atoms with E-state index in [1.165, 1.54) is 4.90 Å². The van der Waals surface area contributed by atoms with E-state index in [0.717, 1.165) is 43.8 Å². The molecule has 0 saturated heterocycles. The van der Waals surface area contributed by atoms with E-state index in [1.54, 1.807) is 36.4 Å². The van der Waals surface area contributed by atoms with Crippen molar-refractivity contribution in [1.29, 1.82) is 0 Å². The highest BCUT2D eigenvalue weighted by Crippen LogP contribution is 2.42. The summed E-state index contributed by atoms with van der Waals surface area (Å²) in [4.78, 5) is 1.37. The van der Waals surface area contributed by atoms with Gasteiger partial charge in [-0.2, -0.15) is 0 Å². The van der Waals surface area contributed by atoms with Gasteiger partial charge in [0.2, 0.25) is 0 Å². The molecule has 0 spiro atoms. The van der Waals surface area contributed by atoms with Gasteiger partial charge in [0.05, 0.1) is 11.0 Å². The third-order valence-corrected chi connectivity index (χ3v) is 9.18. The van der Waals surface area contributed by atoms with Crippen LogP contribution in [-0.2, 0) is 0 Å². The van der Waals surface area contributed by atoms with Crippen molar-refractivity contribution in [3.05, 3.63) is 212 Å². The quantitative estimate of drug-likeness (QED) is 0.165. The van der Waals surface area contributed by atoms with Crippen molar-refractivity contribution in [2.24, 2.45) is 0 Å². The zero-order valence-electron chi connectivity index (χ0n) is 35.5. The second-order valence-corrected chi connectivity index (χ2v) is 12.3. The monoisotopic (exact) mass is 657 g/mol. The second-order valence-electron chi connectivity index (χ2n) is 12.3. The molecule has 0 heterocycles. The first-order valence-corrected chi connectivity index (χ1v) is 16.9. The van der Waals surface area contributed by atoms with E-state index in [4.69, 9.17) is 0 Å². The van der Waals surface area contributed by atoms with Crippen LogP contribution in [0.1, 0.15) is 11.0 Å². The molecule has 0 atom stereocenters. The van der Waals surface area contributed by atoms with Crippen LogP contribution in [0, 0.1) is 0 Å². The van der Waals surface area contributed by atoms with Gasteiger partial charge in [0.15, 0.2) is 0 Å². The number of fused-ring (bicyclic) bond motifs is 2. The van der Waals surface area contributed by atoms with Gasteiger partial charge in [-0.25, -0.2) is 0 Å². The van der Waals surface area contributed by atoms with E-state index in [9.17, 15) is 11.0 Å². The molecule has 0 saturated carbocycles. The summed E-state index contributed by atoms with van der Waals surface area (Å²) in [5, 5.41) is 3.74. The Morgan fingerprint density at radius 2 is 0.863 bits per heavy atom. The largest absolute Gasteiger partial charge is 0.310 e. The fourth-order valence-electron chi connectivity index (χ4n) is 6.67. The fraction of sp³-hybridized carbons (Fsp3) is 0. The first-order valence-electron chi connectivity index (χ1n) is 20.9. The van der Waals surface area contributed by atoms with Crippen molar-refractivity contribution in [2.75, 3.05) is 4.90 Å². The van der Waals surface area contributed by atoms with Crippen LogP contribution >= 0.6 is 0 Å². The Labute approximate surface area is 310 Å². The van der Waals surface area contributed by atoms with Gasteiger partial charge in [0, 0.05) is 17.1 Å². The van der Waals surface area contributed by atoms with Crippen LogP contribution in [0.2, 0.25) is 0 Å². The van der Waals surface area contributed by atoms with Gasteiger partial charge >= 0.3 is 0 Å². The Morgan fingerprint density at radius 1 is 0.314 bits per heavy atom. The van der Waals surface area contributed by atoms with Gasteiger partial charge in [-0.15, -0.1) is 0 Å². The van der Waals surface area contributed by atoms with Crippen molar-refractivity contribution in [3.8, 4) is 44.5 Å². The number of nitrogens with zero attached hydrogens (tertiary/aromatic N) is 1. The third kappa shape index (κ3) is 5.96. The minimum atomic E-state index is -0.395. The fourth-order valence-corrected chi connectivity index (χ4v) is 6.67. The number of rotatable bonds is 7. The highest BCUT2D eigenvalue weighted by Gasteiger charge is 2.17. The normalized spacial score (nSPS) is 13.3. The zero-order chi connectivity index (χ0) is 40.9. The lowest BCUT2D eigenvalue weighted by Gasteiger charge is -2.27. The summed E-state index contributed by atoms with van der Waals surface area (Å²) in [5.41, 5.74) is 4.49. The smallest absolute Gasteiger partial charge is 0.0645 e. The van der Waals surface area contributed by atoms with Gasteiger partial charge in [0.1, 0.15) is 0 Å². The molecule has 0 aliphatic heterocycles. The molecule has 9 aromatic rings. The highest BCUT2D eigenvalue weighted by molar-refractivity contribution is 6.04. The maximum absolute atomic E-state index is 9.72. The Bertz CT molecular complexity index is 3040.